The summed E-state index contributed by atoms with van der Waals surface area (Å²) in [6.07, 6.45) is 0.795. The number of H-pyrrole nitrogens is 1. The van der Waals surface area contributed by atoms with E-state index in [1.807, 2.05) is 0 Å². The van der Waals surface area contributed by atoms with Gasteiger partial charge in [0, 0.05) is 36.8 Å². The number of aromatic amines is 1. The van der Waals surface area contributed by atoms with Gasteiger partial charge in [-0.05, 0) is 12.1 Å². The van der Waals surface area contributed by atoms with Crippen LogP contribution in [-0.4, -0.2) is 29.8 Å². The molecule has 1 amide bonds. The zero-order chi connectivity index (χ0) is 14.8. The number of amides is 1. The van der Waals surface area contributed by atoms with Gasteiger partial charge >= 0.3 is 0 Å². The van der Waals surface area contributed by atoms with E-state index in [-0.39, 0.29) is 18.1 Å². The van der Waals surface area contributed by atoms with E-state index in [9.17, 15) is 9.18 Å². The van der Waals surface area contributed by atoms with Crippen LogP contribution in [0.4, 0.5) is 10.1 Å². The summed E-state index contributed by atoms with van der Waals surface area (Å²) in [6, 6.07) is 4.17. The standard InChI is InChI=1S/C14H15FN4O2.ClH/c1-21-8-2-3-10(15)12(6-8)17-14(20)13-9-7-16-5-4-11(9)18-19-13;/h2-3,6,16H,4-5,7H2,1H3,(H,17,20)(H,18,19);1H. The number of hydrogen-bond acceptors (Lipinski definition) is 4. The van der Waals surface area contributed by atoms with Gasteiger partial charge in [0.05, 0.1) is 12.8 Å². The van der Waals surface area contributed by atoms with Crippen molar-refractivity contribution in [1.29, 1.82) is 0 Å². The molecule has 1 aliphatic heterocycles. The molecule has 1 aromatic carbocycles. The third kappa shape index (κ3) is 3.05. The number of nitrogens with one attached hydrogen (secondary N) is 3. The van der Waals surface area contributed by atoms with Crippen LogP contribution in [0.25, 0.3) is 0 Å². The second-order valence-electron chi connectivity index (χ2n) is 4.76. The number of rotatable bonds is 3. The Morgan fingerprint density at radius 1 is 1.45 bits per heavy atom. The summed E-state index contributed by atoms with van der Waals surface area (Å²) in [5, 5.41) is 12.6. The lowest BCUT2D eigenvalue weighted by atomic mass is 10.1. The van der Waals surface area contributed by atoms with E-state index in [4.69, 9.17) is 4.74 Å². The van der Waals surface area contributed by atoms with Gasteiger partial charge in [-0.1, -0.05) is 0 Å². The summed E-state index contributed by atoms with van der Waals surface area (Å²) in [5.74, 6) is -0.493. The molecule has 3 N–H and O–H groups in total. The van der Waals surface area contributed by atoms with Crippen molar-refractivity contribution in [2.24, 2.45) is 0 Å². The highest BCUT2D eigenvalue weighted by atomic mass is 35.5. The molecule has 1 aromatic heterocycles. The van der Waals surface area contributed by atoms with Crippen molar-refractivity contribution in [3.05, 3.63) is 41.0 Å². The minimum Gasteiger partial charge on any atom is -0.497 e. The van der Waals surface area contributed by atoms with Crippen LogP contribution in [0.5, 0.6) is 5.75 Å². The van der Waals surface area contributed by atoms with Gasteiger partial charge in [0.25, 0.3) is 5.91 Å². The van der Waals surface area contributed by atoms with E-state index in [2.05, 4.69) is 20.8 Å². The van der Waals surface area contributed by atoms with Crippen molar-refractivity contribution in [2.45, 2.75) is 13.0 Å². The maximum Gasteiger partial charge on any atom is 0.276 e. The molecule has 0 spiro atoms. The zero-order valence-electron chi connectivity index (χ0n) is 11.9. The second kappa shape index (κ2) is 6.76. The van der Waals surface area contributed by atoms with Crippen molar-refractivity contribution in [3.63, 3.8) is 0 Å². The molecular weight excluding hydrogens is 311 g/mol. The first-order chi connectivity index (χ1) is 10.2. The fourth-order valence-electron chi connectivity index (χ4n) is 2.32. The average Bonchev–Trinajstić information content (AvgIpc) is 2.93. The topological polar surface area (TPSA) is 79.0 Å². The normalized spacial score (nSPS) is 13.0. The molecule has 0 saturated heterocycles. The number of methoxy groups -OCH3 is 1. The number of carbonyl (C=O) groups is 1. The maximum absolute atomic E-state index is 13.7. The molecule has 2 aromatic rings. The third-order valence-electron chi connectivity index (χ3n) is 3.44. The highest BCUT2D eigenvalue weighted by Gasteiger charge is 2.22. The first-order valence-corrected chi connectivity index (χ1v) is 6.60. The Hall–Kier alpha value is -2.12. The zero-order valence-corrected chi connectivity index (χ0v) is 12.7. The van der Waals surface area contributed by atoms with Crippen LogP contribution in [-0.2, 0) is 13.0 Å². The van der Waals surface area contributed by atoms with Crippen molar-refractivity contribution in [2.75, 3.05) is 19.0 Å². The van der Waals surface area contributed by atoms with Crippen LogP contribution >= 0.6 is 12.4 Å². The highest BCUT2D eigenvalue weighted by Crippen LogP contribution is 2.22. The fourth-order valence-corrected chi connectivity index (χ4v) is 2.32. The van der Waals surface area contributed by atoms with Crippen LogP contribution in [0.3, 0.4) is 0 Å². The van der Waals surface area contributed by atoms with Crippen molar-refractivity contribution in [1.82, 2.24) is 15.5 Å². The average molecular weight is 327 g/mol. The van der Waals surface area contributed by atoms with Gasteiger partial charge in [-0.25, -0.2) is 4.39 Å². The van der Waals surface area contributed by atoms with E-state index >= 15 is 0 Å². The Balaban J connectivity index is 0.00000176. The van der Waals surface area contributed by atoms with Crippen molar-refractivity contribution >= 4 is 24.0 Å². The lowest BCUT2D eigenvalue weighted by molar-refractivity contribution is 0.102. The summed E-state index contributed by atoms with van der Waals surface area (Å²) >= 11 is 0. The number of benzene rings is 1. The quantitative estimate of drug-likeness (QED) is 0.804. The minimum atomic E-state index is -0.522. The Morgan fingerprint density at radius 3 is 3.05 bits per heavy atom. The first-order valence-electron chi connectivity index (χ1n) is 6.60. The third-order valence-corrected chi connectivity index (χ3v) is 3.44. The number of anilines is 1. The Kier molecular flexibility index (Phi) is 4.99. The highest BCUT2D eigenvalue weighted by molar-refractivity contribution is 6.04. The molecule has 8 heteroatoms. The first kappa shape index (κ1) is 16.3. The van der Waals surface area contributed by atoms with Crippen molar-refractivity contribution in [3.8, 4) is 5.75 Å². The molecule has 0 radical (unpaired) electrons. The molecule has 22 heavy (non-hydrogen) atoms. The summed E-state index contributed by atoms with van der Waals surface area (Å²) in [4.78, 5) is 12.3. The number of hydrogen-bond donors (Lipinski definition) is 3. The molecule has 1 aliphatic rings. The second-order valence-corrected chi connectivity index (χ2v) is 4.76. The van der Waals surface area contributed by atoms with E-state index in [0.717, 1.165) is 24.2 Å². The molecule has 118 valence electrons. The molecule has 6 nitrogen and oxygen atoms in total. The minimum absolute atomic E-state index is 0. The summed E-state index contributed by atoms with van der Waals surface area (Å²) in [7, 11) is 1.48. The summed E-state index contributed by atoms with van der Waals surface area (Å²) in [5.41, 5.74) is 2.14. The number of halogens is 2. The molecule has 2 heterocycles. The molecular formula is C14H16ClFN4O2. The summed E-state index contributed by atoms with van der Waals surface area (Å²) < 4.78 is 18.8. The number of ether oxygens (including phenoxy) is 1. The predicted molar refractivity (Wildman–Crippen MR) is 82.2 cm³/mol. The van der Waals surface area contributed by atoms with Gasteiger partial charge < -0.3 is 15.4 Å². The molecule has 0 aliphatic carbocycles. The Bertz CT molecular complexity index is 689. The molecule has 0 unspecified atom stereocenters. The van der Waals surface area contributed by atoms with E-state index < -0.39 is 11.7 Å². The van der Waals surface area contributed by atoms with Gasteiger partial charge in [-0.15, -0.1) is 12.4 Å². The number of aromatic nitrogens is 2. The van der Waals surface area contributed by atoms with E-state index in [1.54, 1.807) is 0 Å². The molecule has 3 rings (SSSR count). The Labute approximate surface area is 132 Å². The number of carbonyl (C=O) groups excluding carboxylic acids is 1. The molecule has 0 atom stereocenters. The van der Waals surface area contributed by atoms with Crippen LogP contribution in [0.15, 0.2) is 18.2 Å². The number of fused-ring (bicyclic) bond motifs is 1. The smallest absolute Gasteiger partial charge is 0.276 e. The van der Waals surface area contributed by atoms with Gasteiger partial charge in [0.2, 0.25) is 0 Å². The summed E-state index contributed by atoms with van der Waals surface area (Å²) in [6.45, 7) is 1.43. The predicted octanol–water partition coefficient (Wildman–Crippen LogP) is 1.88. The monoisotopic (exact) mass is 326 g/mol. The van der Waals surface area contributed by atoms with Gasteiger partial charge in [0.15, 0.2) is 5.69 Å². The van der Waals surface area contributed by atoms with Crippen LogP contribution in [0, 0.1) is 5.82 Å². The van der Waals surface area contributed by atoms with Crippen LogP contribution in [0.1, 0.15) is 21.7 Å². The lowest BCUT2D eigenvalue weighted by Crippen LogP contribution is -2.25. The molecule has 0 saturated carbocycles. The van der Waals surface area contributed by atoms with Gasteiger partial charge in [0.1, 0.15) is 11.6 Å². The molecule has 0 bridgehead atoms. The van der Waals surface area contributed by atoms with Gasteiger partial charge in [-0.3, -0.25) is 9.89 Å². The van der Waals surface area contributed by atoms with E-state index in [1.165, 1.54) is 25.3 Å². The van der Waals surface area contributed by atoms with Crippen LogP contribution < -0.4 is 15.4 Å². The maximum atomic E-state index is 13.7. The SMILES string of the molecule is COc1ccc(F)c(NC(=O)c2n[nH]c3c2CNCC3)c1.Cl. The van der Waals surface area contributed by atoms with E-state index in [0.29, 0.717) is 18.0 Å². The van der Waals surface area contributed by atoms with Crippen molar-refractivity contribution < 1.29 is 13.9 Å². The Morgan fingerprint density at radius 2 is 2.27 bits per heavy atom. The number of nitrogens with zero attached hydrogens (tertiary/aromatic N) is 1. The van der Waals surface area contributed by atoms with Gasteiger partial charge in [-0.2, -0.15) is 5.10 Å². The lowest BCUT2D eigenvalue weighted by Gasteiger charge is -2.13. The fraction of sp³-hybridized carbons (Fsp3) is 0.286. The molecule has 0 fully saturated rings. The van der Waals surface area contributed by atoms with Crippen LogP contribution in [0.2, 0.25) is 0 Å². The largest absolute Gasteiger partial charge is 0.497 e.